The molecule has 0 aliphatic carbocycles. The molecule has 0 saturated carbocycles. The summed E-state index contributed by atoms with van der Waals surface area (Å²) in [7, 11) is 12.6. The minimum atomic E-state index is -1.43. The summed E-state index contributed by atoms with van der Waals surface area (Å²) in [4.78, 5) is 0. The summed E-state index contributed by atoms with van der Waals surface area (Å²) >= 11 is 0. The number of halogens is 2. The second-order valence-corrected chi connectivity index (χ2v) is 11.9. The zero-order valence-electron chi connectivity index (χ0n) is 9.76. The third-order valence-electron chi connectivity index (χ3n) is 2.56. The highest BCUT2D eigenvalue weighted by Crippen LogP contribution is 2.70. The fourth-order valence-corrected chi connectivity index (χ4v) is 5.95. The van der Waals surface area contributed by atoms with Crippen LogP contribution >= 0.6 is 39.6 Å². The largest absolute Gasteiger partial charge is 0.0910 e. The molecule has 0 aliphatic rings. The van der Waals surface area contributed by atoms with E-state index in [1.165, 1.54) is 21.1 Å². The molecule has 0 amide bonds. The molecule has 0 heterocycles. The van der Waals surface area contributed by atoms with Crippen molar-refractivity contribution in [2.45, 2.75) is 11.5 Å². The number of rotatable bonds is 5. The van der Waals surface area contributed by atoms with Gasteiger partial charge in [0.2, 0.25) is 0 Å². The van der Waals surface area contributed by atoms with E-state index in [-0.39, 0.29) is 0 Å². The second-order valence-electron chi connectivity index (χ2n) is 4.04. The van der Waals surface area contributed by atoms with E-state index in [9.17, 15) is 0 Å². The smallest absolute Gasteiger partial charge is 0.0254 e. The van der Waals surface area contributed by atoms with Crippen LogP contribution in [0.3, 0.4) is 0 Å². The molecule has 2 rings (SSSR count). The maximum Gasteiger partial charge on any atom is 0.0254 e. The third-order valence-corrected chi connectivity index (χ3v) is 9.67. The van der Waals surface area contributed by atoms with Crippen LogP contribution in [0.5, 0.6) is 0 Å². The lowest BCUT2D eigenvalue weighted by Gasteiger charge is -2.29. The predicted octanol–water partition coefficient (Wildman–Crippen LogP) is 6.15. The Morgan fingerprint density at radius 2 is 1.17 bits per heavy atom. The SMILES string of the molecule is ClSS(Cl)(Cc1ccccc1)Cc1ccccc1. The standard InChI is InChI=1S/C14H14Cl2S2/c15-17-18(16,11-13-7-3-1-4-8-13)12-14-9-5-2-6-10-14/h1-10H,11-12H2. The molecule has 18 heavy (non-hydrogen) atoms. The molecule has 0 spiro atoms. The van der Waals surface area contributed by atoms with Crippen molar-refractivity contribution in [3.8, 4) is 0 Å². The van der Waals surface area contributed by atoms with Crippen molar-refractivity contribution < 1.29 is 0 Å². The van der Waals surface area contributed by atoms with E-state index < -0.39 is 8.27 Å². The summed E-state index contributed by atoms with van der Waals surface area (Å²) in [6.45, 7) is 0. The average Bonchev–Trinajstić information content (AvgIpc) is 2.41. The summed E-state index contributed by atoms with van der Waals surface area (Å²) < 4.78 is 0. The minimum absolute atomic E-state index is 0.832. The van der Waals surface area contributed by atoms with Gasteiger partial charge in [0.25, 0.3) is 0 Å². The lowest BCUT2D eigenvalue weighted by atomic mass is 10.2. The fraction of sp³-hybridized carbons (Fsp3) is 0.143. The highest BCUT2D eigenvalue weighted by atomic mass is 35.8. The van der Waals surface area contributed by atoms with Crippen molar-refractivity contribution in [1.82, 2.24) is 0 Å². The molecular formula is C14H14Cl2S2. The quantitative estimate of drug-likeness (QED) is 0.596. The zero-order chi connectivity index (χ0) is 12.8. The van der Waals surface area contributed by atoms with Crippen molar-refractivity contribution >= 4 is 39.6 Å². The van der Waals surface area contributed by atoms with Gasteiger partial charge in [0.15, 0.2) is 0 Å². The molecule has 0 fully saturated rings. The number of benzene rings is 2. The van der Waals surface area contributed by atoms with Gasteiger partial charge in [-0.3, -0.25) is 0 Å². The van der Waals surface area contributed by atoms with Gasteiger partial charge in [-0.25, -0.2) is 0 Å². The highest BCUT2D eigenvalue weighted by molar-refractivity contribution is 9.07. The molecule has 0 aliphatic heterocycles. The molecule has 0 aromatic heterocycles. The first kappa shape index (κ1) is 14.1. The van der Waals surface area contributed by atoms with Crippen LogP contribution in [0.1, 0.15) is 11.1 Å². The highest BCUT2D eigenvalue weighted by Gasteiger charge is 2.22. The fourth-order valence-electron chi connectivity index (χ4n) is 1.74. The molecule has 0 unspecified atom stereocenters. The normalized spacial score (nSPS) is 12.3. The molecule has 4 heteroatoms. The Morgan fingerprint density at radius 3 is 1.50 bits per heavy atom. The van der Waals surface area contributed by atoms with Crippen LogP contribution in [0.25, 0.3) is 0 Å². The summed E-state index contributed by atoms with van der Waals surface area (Å²) in [5.74, 6) is 1.66. The van der Waals surface area contributed by atoms with E-state index in [4.69, 9.17) is 21.4 Å². The van der Waals surface area contributed by atoms with Gasteiger partial charge in [-0.15, -0.1) is 0 Å². The molecule has 2 aromatic carbocycles. The molecule has 0 radical (unpaired) electrons. The second kappa shape index (κ2) is 6.76. The van der Waals surface area contributed by atoms with Crippen LogP contribution < -0.4 is 0 Å². The van der Waals surface area contributed by atoms with Gasteiger partial charge >= 0.3 is 0 Å². The van der Waals surface area contributed by atoms with Crippen LogP contribution in [0, 0.1) is 0 Å². The van der Waals surface area contributed by atoms with Crippen LogP contribution in [0.2, 0.25) is 0 Å². The van der Waals surface area contributed by atoms with Gasteiger partial charge in [-0.1, -0.05) is 79.6 Å². The van der Waals surface area contributed by atoms with E-state index >= 15 is 0 Å². The lowest BCUT2D eigenvalue weighted by Crippen LogP contribution is -1.95. The average molecular weight is 317 g/mol. The molecule has 0 atom stereocenters. The van der Waals surface area contributed by atoms with Gasteiger partial charge in [0.05, 0.1) is 0 Å². The Hall–Kier alpha value is -0.280. The van der Waals surface area contributed by atoms with Crippen molar-refractivity contribution in [3.63, 3.8) is 0 Å². The molecule has 2 aromatic rings. The van der Waals surface area contributed by atoms with Crippen molar-refractivity contribution in [2.24, 2.45) is 0 Å². The van der Waals surface area contributed by atoms with Gasteiger partial charge in [-0.05, 0) is 21.8 Å². The van der Waals surface area contributed by atoms with Crippen molar-refractivity contribution in [1.29, 1.82) is 0 Å². The summed E-state index contributed by atoms with van der Waals surface area (Å²) in [5.41, 5.74) is 2.48. The number of hydrogen-bond donors (Lipinski definition) is 0. The summed E-state index contributed by atoms with van der Waals surface area (Å²) in [6.07, 6.45) is 0. The topological polar surface area (TPSA) is 0 Å². The van der Waals surface area contributed by atoms with Crippen LogP contribution in [-0.2, 0) is 11.5 Å². The van der Waals surface area contributed by atoms with Gasteiger partial charge < -0.3 is 0 Å². The first-order valence-corrected chi connectivity index (χ1v) is 10.5. The monoisotopic (exact) mass is 316 g/mol. The van der Waals surface area contributed by atoms with E-state index in [0.29, 0.717) is 0 Å². The van der Waals surface area contributed by atoms with E-state index in [1.54, 1.807) is 0 Å². The minimum Gasteiger partial charge on any atom is -0.0910 e. The molecule has 0 nitrogen and oxygen atoms in total. The molecule has 0 N–H and O–H groups in total. The van der Waals surface area contributed by atoms with Crippen LogP contribution in [-0.4, -0.2) is 0 Å². The Kier molecular flexibility index (Phi) is 5.31. The molecule has 0 saturated heterocycles. The van der Waals surface area contributed by atoms with E-state index in [0.717, 1.165) is 11.5 Å². The summed E-state index contributed by atoms with van der Waals surface area (Å²) in [5, 5.41) is 0. The lowest BCUT2D eigenvalue weighted by molar-refractivity contribution is 1.36. The third kappa shape index (κ3) is 4.13. The van der Waals surface area contributed by atoms with Crippen LogP contribution in [0.4, 0.5) is 0 Å². The van der Waals surface area contributed by atoms with Gasteiger partial charge in [0, 0.05) is 21.5 Å². The maximum atomic E-state index is 6.71. The summed E-state index contributed by atoms with van der Waals surface area (Å²) in [6, 6.07) is 20.6. The first-order valence-electron chi connectivity index (χ1n) is 5.58. The maximum absolute atomic E-state index is 6.71. The molecule has 96 valence electrons. The van der Waals surface area contributed by atoms with Crippen molar-refractivity contribution in [3.05, 3.63) is 71.8 Å². The Bertz CT molecular complexity index is 432. The van der Waals surface area contributed by atoms with Gasteiger partial charge in [-0.2, -0.15) is 0 Å². The van der Waals surface area contributed by atoms with E-state index in [2.05, 4.69) is 24.3 Å². The van der Waals surface area contributed by atoms with Gasteiger partial charge in [0.1, 0.15) is 0 Å². The Morgan fingerprint density at radius 1 is 0.778 bits per heavy atom. The first-order chi connectivity index (χ1) is 8.72. The molecular weight excluding hydrogens is 303 g/mol. The van der Waals surface area contributed by atoms with E-state index in [1.807, 2.05) is 36.4 Å². The number of hydrogen-bond acceptors (Lipinski definition) is 1. The Labute approximate surface area is 122 Å². The Balaban J connectivity index is 2.11. The van der Waals surface area contributed by atoms with Crippen LogP contribution in [0.15, 0.2) is 60.7 Å². The van der Waals surface area contributed by atoms with Crippen molar-refractivity contribution in [2.75, 3.05) is 0 Å². The molecule has 0 bridgehead atoms. The predicted molar refractivity (Wildman–Crippen MR) is 87.2 cm³/mol. The zero-order valence-corrected chi connectivity index (χ0v) is 12.9.